The van der Waals surface area contributed by atoms with Gasteiger partial charge < -0.3 is 4.42 Å². The molecule has 2 aromatic carbocycles. The van der Waals surface area contributed by atoms with E-state index >= 15 is 0 Å². The fourth-order valence-corrected chi connectivity index (χ4v) is 4.11. The molecule has 0 spiro atoms. The molecule has 3 aromatic rings. The number of carbonyl (C=O) groups excluding carboxylic acids is 1. The summed E-state index contributed by atoms with van der Waals surface area (Å²) in [5.74, 6) is 0.357. The largest absolute Gasteiger partial charge is 0.457 e. The number of thiocarbonyl (C=S) groups is 1. The van der Waals surface area contributed by atoms with Gasteiger partial charge in [0.05, 0.1) is 16.2 Å². The zero-order valence-corrected chi connectivity index (χ0v) is 16.3. The third-order valence-electron chi connectivity index (χ3n) is 4.18. The average Bonchev–Trinajstić information content (AvgIpc) is 3.27. The number of alkyl halides is 3. The van der Waals surface area contributed by atoms with Crippen molar-refractivity contribution in [3.8, 4) is 11.3 Å². The number of carbonyl (C=O) groups is 1. The van der Waals surface area contributed by atoms with Gasteiger partial charge in [0.1, 0.15) is 11.5 Å². The quantitative estimate of drug-likeness (QED) is 0.356. The number of anilines is 1. The normalized spacial score (nSPS) is 16.1. The van der Waals surface area contributed by atoms with E-state index in [0.29, 0.717) is 26.2 Å². The van der Waals surface area contributed by atoms with Gasteiger partial charge in [-0.3, -0.25) is 9.69 Å². The van der Waals surface area contributed by atoms with Crippen LogP contribution in [0, 0.1) is 0 Å². The summed E-state index contributed by atoms with van der Waals surface area (Å²) in [5, 5.41) is 0. The molecule has 1 aliphatic rings. The lowest BCUT2D eigenvalue weighted by atomic mass is 10.1. The molecule has 1 aliphatic heterocycles. The molecule has 1 amide bonds. The van der Waals surface area contributed by atoms with Gasteiger partial charge in [-0.15, -0.1) is 0 Å². The molecule has 1 fully saturated rings. The molecule has 0 N–H and O–H groups in total. The molecule has 4 rings (SSSR count). The summed E-state index contributed by atoms with van der Waals surface area (Å²) in [6.07, 6.45) is -2.89. The first kappa shape index (κ1) is 19.5. The fraction of sp³-hybridized carbons (Fsp3) is 0.0476. The van der Waals surface area contributed by atoms with Crippen molar-refractivity contribution in [3.63, 3.8) is 0 Å². The molecule has 0 atom stereocenters. The van der Waals surface area contributed by atoms with E-state index in [4.69, 9.17) is 16.6 Å². The van der Waals surface area contributed by atoms with Crippen molar-refractivity contribution in [3.05, 3.63) is 83.0 Å². The zero-order chi connectivity index (χ0) is 20.6. The van der Waals surface area contributed by atoms with E-state index in [0.717, 1.165) is 23.9 Å². The Morgan fingerprint density at radius 3 is 2.48 bits per heavy atom. The monoisotopic (exact) mass is 431 g/mol. The number of para-hydroxylation sites is 1. The predicted octanol–water partition coefficient (Wildman–Crippen LogP) is 6.37. The second kappa shape index (κ2) is 7.53. The lowest BCUT2D eigenvalue weighted by Crippen LogP contribution is -2.27. The maximum absolute atomic E-state index is 12.9. The first-order valence-corrected chi connectivity index (χ1v) is 9.66. The molecule has 0 radical (unpaired) electrons. The third-order valence-corrected chi connectivity index (χ3v) is 5.48. The second-order valence-electron chi connectivity index (χ2n) is 6.13. The summed E-state index contributed by atoms with van der Waals surface area (Å²) < 4.78 is 44.8. The zero-order valence-electron chi connectivity index (χ0n) is 14.6. The van der Waals surface area contributed by atoms with E-state index in [1.165, 1.54) is 17.0 Å². The maximum atomic E-state index is 12.9. The van der Waals surface area contributed by atoms with Crippen LogP contribution in [0.4, 0.5) is 18.9 Å². The minimum Gasteiger partial charge on any atom is -0.457 e. The lowest BCUT2D eigenvalue weighted by Gasteiger charge is -2.13. The van der Waals surface area contributed by atoms with Gasteiger partial charge >= 0.3 is 6.18 Å². The van der Waals surface area contributed by atoms with Crippen molar-refractivity contribution in [2.24, 2.45) is 0 Å². The smallest absolute Gasteiger partial charge is 0.416 e. The van der Waals surface area contributed by atoms with Crippen LogP contribution in [0.25, 0.3) is 17.4 Å². The highest BCUT2D eigenvalue weighted by Crippen LogP contribution is 2.37. The van der Waals surface area contributed by atoms with Gasteiger partial charge in [-0.25, -0.2) is 0 Å². The molecule has 29 heavy (non-hydrogen) atoms. The van der Waals surface area contributed by atoms with Crippen molar-refractivity contribution in [2.45, 2.75) is 6.18 Å². The van der Waals surface area contributed by atoms with Gasteiger partial charge in [-0.1, -0.05) is 54.3 Å². The Bertz CT molecular complexity index is 1120. The van der Waals surface area contributed by atoms with Crippen LogP contribution in [-0.4, -0.2) is 10.2 Å². The molecule has 0 saturated carbocycles. The Kier molecular flexibility index (Phi) is 5.06. The van der Waals surface area contributed by atoms with Crippen LogP contribution in [0.15, 0.2) is 76.1 Å². The first-order valence-electron chi connectivity index (χ1n) is 8.43. The van der Waals surface area contributed by atoms with Gasteiger partial charge in [0.15, 0.2) is 4.32 Å². The number of nitrogens with zero attached hydrogens (tertiary/aromatic N) is 1. The molecule has 0 bridgehead atoms. The minimum atomic E-state index is -4.43. The highest BCUT2D eigenvalue weighted by Gasteiger charge is 2.33. The van der Waals surface area contributed by atoms with Crippen LogP contribution in [0.2, 0.25) is 0 Å². The SMILES string of the molecule is O=C1C(=Cc2ccc(-c3cccc(C(F)(F)F)c3)o2)SC(=S)N1c1ccccc1. The number of thioether (sulfide) groups is 1. The van der Waals surface area contributed by atoms with Gasteiger partial charge in [-0.2, -0.15) is 13.2 Å². The van der Waals surface area contributed by atoms with E-state index in [-0.39, 0.29) is 11.7 Å². The van der Waals surface area contributed by atoms with Crippen LogP contribution in [0.5, 0.6) is 0 Å². The summed E-state index contributed by atoms with van der Waals surface area (Å²) in [5.41, 5.74) is 0.218. The second-order valence-corrected chi connectivity index (χ2v) is 7.81. The topological polar surface area (TPSA) is 33.5 Å². The van der Waals surface area contributed by atoms with Crippen molar-refractivity contribution in [1.29, 1.82) is 0 Å². The molecular formula is C21H12F3NO2S2. The predicted molar refractivity (Wildman–Crippen MR) is 111 cm³/mol. The summed E-state index contributed by atoms with van der Waals surface area (Å²) in [7, 11) is 0. The average molecular weight is 431 g/mol. The Morgan fingerprint density at radius 2 is 1.76 bits per heavy atom. The molecule has 146 valence electrons. The van der Waals surface area contributed by atoms with Crippen molar-refractivity contribution >= 4 is 46.0 Å². The van der Waals surface area contributed by atoms with Gasteiger partial charge in [0.2, 0.25) is 0 Å². The van der Waals surface area contributed by atoms with E-state index in [2.05, 4.69) is 0 Å². The number of furan rings is 1. The van der Waals surface area contributed by atoms with Crippen LogP contribution in [-0.2, 0) is 11.0 Å². The molecule has 2 heterocycles. The third kappa shape index (κ3) is 3.99. The van der Waals surface area contributed by atoms with Gasteiger partial charge in [0.25, 0.3) is 5.91 Å². The van der Waals surface area contributed by atoms with Gasteiger partial charge in [0, 0.05) is 11.6 Å². The Morgan fingerprint density at radius 1 is 1.00 bits per heavy atom. The summed E-state index contributed by atoms with van der Waals surface area (Å²) in [6.45, 7) is 0. The van der Waals surface area contributed by atoms with Crippen molar-refractivity contribution in [2.75, 3.05) is 4.90 Å². The molecule has 0 aliphatic carbocycles. The number of benzene rings is 2. The molecule has 1 aromatic heterocycles. The highest BCUT2D eigenvalue weighted by molar-refractivity contribution is 8.27. The Balaban J connectivity index is 1.60. The van der Waals surface area contributed by atoms with E-state index in [9.17, 15) is 18.0 Å². The minimum absolute atomic E-state index is 0.275. The summed E-state index contributed by atoms with van der Waals surface area (Å²) in [6, 6.07) is 17.1. The molecule has 0 unspecified atom stereocenters. The standard InChI is InChI=1S/C21H12F3NO2S2/c22-21(23,24)14-6-4-5-13(11-14)17-10-9-16(27-17)12-18-19(26)25(20(28)29-18)15-7-2-1-3-8-15/h1-12H. The summed E-state index contributed by atoms with van der Waals surface area (Å²) in [4.78, 5) is 14.5. The molecule has 1 saturated heterocycles. The highest BCUT2D eigenvalue weighted by atomic mass is 32.2. The fourth-order valence-electron chi connectivity index (χ4n) is 2.83. The van der Waals surface area contributed by atoms with E-state index < -0.39 is 11.7 Å². The Labute approximate surface area is 173 Å². The summed E-state index contributed by atoms with van der Waals surface area (Å²) >= 11 is 6.46. The maximum Gasteiger partial charge on any atom is 0.416 e. The molecular weight excluding hydrogens is 419 g/mol. The number of amides is 1. The van der Waals surface area contributed by atoms with E-state index in [1.807, 2.05) is 18.2 Å². The molecule has 8 heteroatoms. The van der Waals surface area contributed by atoms with Gasteiger partial charge in [-0.05, 0) is 36.4 Å². The molecule has 3 nitrogen and oxygen atoms in total. The van der Waals surface area contributed by atoms with Crippen LogP contribution in [0.1, 0.15) is 11.3 Å². The van der Waals surface area contributed by atoms with Crippen molar-refractivity contribution in [1.82, 2.24) is 0 Å². The van der Waals surface area contributed by atoms with Crippen LogP contribution >= 0.6 is 24.0 Å². The van der Waals surface area contributed by atoms with Crippen LogP contribution in [0.3, 0.4) is 0 Å². The van der Waals surface area contributed by atoms with E-state index in [1.54, 1.807) is 30.3 Å². The van der Waals surface area contributed by atoms with Crippen molar-refractivity contribution < 1.29 is 22.4 Å². The van der Waals surface area contributed by atoms with Crippen LogP contribution < -0.4 is 4.90 Å². The first-order chi connectivity index (χ1) is 13.8. The Hall–Kier alpha value is -2.84. The number of halogens is 3. The number of hydrogen-bond acceptors (Lipinski definition) is 4. The number of hydrogen-bond donors (Lipinski definition) is 0. The number of rotatable bonds is 3. The lowest BCUT2D eigenvalue weighted by molar-refractivity contribution is -0.137.